The highest BCUT2D eigenvalue weighted by molar-refractivity contribution is 7.80. The number of nitrogen functional groups attached to an aromatic ring is 1. The van der Waals surface area contributed by atoms with Crippen LogP contribution in [0.15, 0.2) is 39.9 Å². The largest absolute Gasteiger partial charge is 0.383 e. The molecule has 28 heavy (non-hydrogen) atoms. The summed E-state index contributed by atoms with van der Waals surface area (Å²) < 4.78 is 1.37. The van der Waals surface area contributed by atoms with E-state index >= 15 is 0 Å². The molecule has 0 unspecified atom stereocenters. The zero-order chi connectivity index (χ0) is 20.7. The number of thiocarbonyl (C=S) groups is 1. The van der Waals surface area contributed by atoms with E-state index in [4.69, 9.17) is 18.0 Å². The summed E-state index contributed by atoms with van der Waals surface area (Å²) in [5, 5.41) is 3.59. The number of aromatic nitrogens is 2. The quantitative estimate of drug-likeness (QED) is 0.586. The molecule has 7 nitrogen and oxygen atoms in total. The Hall–Kier alpha value is -2.61. The van der Waals surface area contributed by atoms with Crippen LogP contribution in [-0.4, -0.2) is 27.8 Å². The summed E-state index contributed by atoms with van der Waals surface area (Å²) >= 11 is 5.52. The number of benzene rings is 1. The predicted molar refractivity (Wildman–Crippen MR) is 119 cm³/mol. The number of anilines is 2. The van der Waals surface area contributed by atoms with Crippen molar-refractivity contribution in [2.45, 2.75) is 40.2 Å². The van der Waals surface area contributed by atoms with Gasteiger partial charge in [-0.15, -0.1) is 0 Å². The molecule has 2 aromatic rings. The number of rotatable bonds is 8. The standard InChI is InChI=1S/C20H29N5O2S/c1-4-11-22-20(28)24(12-10-14(2)3)16-17(21)25(19(27)23-18(16)26)13-15-8-6-5-7-9-15/h5-9,14H,4,10-13,21H2,1-3H3,(H,22,28)(H,23,26,27). The van der Waals surface area contributed by atoms with Gasteiger partial charge >= 0.3 is 5.69 Å². The van der Waals surface area contributed by atoms with Crippen LogP contribution in [0.3, 0.4) is 0 Å². The monoisotopic (exact) mass is 403 g/mol. The van der Waals surface area contributed by atoms with E-state index in [2.05, 4.69) is 24.1 Å². The lowest BCUT2D eigenvalue weighted by molar-refractivity contribution is 0.591. The van der Waals surface area contributed by atoms with Gasteiger partial charge in [-0.1, -0.05) is 51.1 Å². The molecule has 0 bridgehead atoms. The molecule has 4 N–H and O–H groups in total. The number of aromatic amines is 1. The second-order valence-corrected chi connectivity index (χ2v) is 7.52. The number of nitrogens with two attached hydrogens (primary N) is 1. The molecule has 0 amide bonds. The molecular weight excluding hydrogens is 374 g/mol. The van der Waals surface area contributed by atoms with Crippen LogP contribution in [-0.2, 0) is 6.54 Å². The Morgan fingerprint density at radius 2 is 1.96 bits per heavy atom. The van der Waals surface area contributed by atoms with Crippen LogP contribution in [0.25, 0.3) is 0 Å². The molecule has 0 spiro atoms. The minimum absolute atomic E-state index is 0.113. The Bertz CT molecular complexity index is 905. The van der Waals surface area contributed by atoms with Crippen molar-refractivity contribution in [3.63, 3.8) is 0 Å². The summed E-state index contributed by atoms with van der Waals surface area (Å²) in [7, 11) is 0. The van der Waals surface area contributed by atoms with Gasteiger partial charge in [0.15, 0.2) is 10.8 Å². The number of hydrogen-bond acceptors (Lipinski definition) is 4. The fourth-order valence-electron chi connectivity index (χ4n) is 2.79. The Labute approximate surface area is 170 Å². The first kappa shape index (κ1) is 21.7. The fraction of sp³-hybridized carbons (Fsp3) is 0.450. The van der Waals surface area contributed by atoms with E-state index in [0.717, 1.165) is 18.4 Å². The molecule has 0 fully saturated rings. The van der Waals surface area contributed by atoms with Gasteiger partial charge in [0.1, 0.15) is 5.82 Å². The van der Waals surface area contributed by atoms with Crippen molar-refractivity contribution in [2.24, 2.45) is 5.92 Å². The average Bonchev–Trinajstić information content (AvgIpc) is 2.66. The maximum absolute atomic E-state index is 12.7. The van der Waals surface area contributed by atoms with Gasteiger partial charge in [0.2, 0.25) is 0 Å². The third-order valence-corrected chi connectivity index (χ3v) is 4.73. The summed E-state index contributed by atoms with van der Waals surface area (Å²) in [6, 6.07) is 9.49. The van der Waals surface area contributed by atoms with Crippen molar-refractivity contribution < 1.29 is 0 Å². The molecule has 0 aliphatic rings. The highest BCUT2D eigenvalue weighted by Gasteiger charge is 2.22. The smallest absolute Gasteiger partial charge is 0.330 e. The lowest BCUT2D eigenvalue weighted by Crippen LogP contribution is -2.46. The highest BCUT2D eigenvalue weighted by atomic mass is 32.1. The topological polar surface area (TPSA) is 96.2 Å². The van der Waals surface area contributed by atoms with Gasteiger partial charge in [0, 0.05) is 13.1 Å². The Kier molecular flexibility index (Phi) is 7.80. The Morgan fingerprint density at radius 1 is 1.29 bits per heavy atom. The molecule has 0 atom stereocenters. The van der Waals surface area contributed by atoms with E-state index in [0.29, 0.717) is 24.1 Å². The second-order valence-electron chi connectivity index (χ2n) is 7.13. The first-order valence-electron chi connectivity index (χ1n) is 9.57. The van der Waals surface area contributed by atoms with Gasteiger partial charge in [-0.3, -0.25) is 14.3 Å². The summed E-state index contributed by atoms with van der Waals surface area (Å²) in [6.45, 7) is 7.73. The van der Waals surface area contributed by atoms with Crippen molar-refractivity contribution in [1.29, 1.82) is 0 Å². The third kappa shape index (κ3) is 5.45. The third-order valence-electron chi connectivity index (χ3n) is 4.37. The van der Waals surface area contributed by atoms with Gasteiger partial charge in [0.25, 0.3) is 5.56 Å². The van der Waals surface area contributed by atoms with E-state index in [1.54, 1.807) is 4.90 Å². The zero-order valence-electron chi connectivity index (χ0n) is 16.7. The molecule has 1 aromatic carbocycles. The lowest BCUT2D eigenvalue weighted by atomic mass is 10.1. The molecule has 0 aliphatic heterocycles. The maximum atomic E-state index is 12.7. The molecule has 0 saturated heterocycles. The van der Waals surface area contributed by atoms with E-state index < -0.39 is 11.2 Å². The minimum Gasteiger partial charge on any atom is -0.383 e. The van der Waals surface area contributed by atoms with Crippen molar-refractivity contribution in [3.8, 4) is 0 Å². The summed E-state index contributed by atoms with van der Waals surface area (Å²) in [5.41, 5.74) is 6.38. The molecule has 0 saturated carbocycles. The van der Waals surface area contributed by atoms with Crippen molar-refractivity contribution >= 4 is 28.8 Å². The van der Waals surface area contributed by atoms with Crippen LogP contribution in [0.5, 0.6) is 0 Å². The number of nitrogens with zero attached hydrogens (tertiary/aromatic N) is 2. The molecule has 2 rings (SSSR count). The van der Waals surface area contributed by atoms with Crippen LogP contribution in [0.2, 0.25) is 0 Å². The molecular formula is C20H29N5O2S. The molecule has 152 valence electrons. The SMILES string of the molecule is CCCNC(=S)N(CCC(C)C)c1c(N)n(Cc2ccccc2)c(=O)[nH]c1=O. The number of hydrogen-bond donors (Lipinski definition) is 3. The second kappa shape index (κ2) is 10.1. The number of nitrogens with one attached hydrogen (secondary N) is 2. The fourth-order valence-corrected chi connectivity index (χ4v) is 3.08. The average molecular weight is 404 g/mol. The van der Waals surface area contributed by atoms with Crippen LogP contribution < -0.4 is 27.2 Å². The van der Waals surface area contributed by atoms with Gasteiger partial charge in [-0.2, -0.15) is 0 Å². The highest BCUT2D eigenvalue weighted by Crippen LogP contribution is 2.19. The van der Waals surface area contributed by atoms with Gasteiger partial charge < -0.3 is 16.0 Å². The summed E-state index contributed by atoms with van der Waals surface area (Å²) in [6.07, 6.45) is 1.72. The van der Waals surface area contributed by atoms with Crippen LogP contribution in [0, 0.1) is 5.92 Å². The first-order valence-corrected chi connectivity index (χ1v) is 9.97. The van der Waals surface area contributed by atoms with Crippen molar-refractivity contribution in [3.05, 3.63) is 56.7 Å². The maximum Gasteiger partial charge on any atom is 0.330 e. The van der Waals surface area contributed by atoms with E-state index in [1.807, 2.05) is 37.3 Å². The van der Waals surface area contributed by atoms with Crippen LogP contribution in [0.4, 0.5) is 11.5 Å². The molecule has 8 heteroatoms. The van der Waals surface area contributed by atoms with E-state index in [-0.39, 0.29) is 18.1 Å². The number of H-pyrrole nitrogens is 1. The Morgan fingerprint density at radius 3 is 2.57 bits per heavy atom. The lowest BCUT2D eigenvalue weighted by Gasteiger charge is -2.27. The minimum atomic E-state index is -0.536. The molecule has 1 heterocycles. The summed E-state index contributed by atoms with van der Waals surface area (Å²) in [5.74, 6) is 0.536. The molecule has 0 radical (unpaired) electrons. The van der Waals surface area contributed by atoms with Gasteiger partial charge in [-0.25, -0.2) is 4.79 Å². The normalized spacial score (nSPS) is 10.9. The zero-order valence-corrected chi connectivity index (χ0v) is 17.5. The van der Waals surface area contributed by atoms with E-state index in [1.165, 1.54) is 4.57 Å². The molecule has 0 aliphatic carbocycles. The van der Waals surface area contributed by atoms with Crippen molar-refractivity contribution in [1.82, 2.24) is 14.9 Å². The molecule has 1 aromatic heterocycles. The van der Waals surface area contributed by atoms with Crippen LogP contribution in [0.1, 0.15) is 39.2 Å². The van der Waals surface area contributed by atoms with Crippen LogP contribution >= 0.6 is 12.2 Å². The summed E-state index contributed by atoms with van der Waals surface area (Å²) in [4.78, 5) is 29.2. The van der Waals surface area contributed by atoms with Gasteiger partial charge in [0.05, 0.1) is 6.54 Å². The first-order chi connectivity index (χ1) is 13.3. The van der Waals surface area contributed by atoms with Crippen molar-refractivity contribution in [2.75, 3.05) is 23.7 Å². The van der Waals surface area contributed by atoms with E-state index in [9.17, 15) is 9.59 Å². The van der Waals surface area contributed by atoms with Gasteiger partial charge in [-0.05, 0) is 36.5 Å². The predicted octanol–water partition coefficient (Wildman–Crippen LogP) is 2.30. The Balaban J connectivity index is 2.49.